The molecule has 0 fully saturated rings. The number of esters is 1. The van der Waals surface area contributed by atoms with Gasteiger partial charge in [0.2, 0.25) is 5.91 Å². The van der Waals surface area contributed by atoms with E-state index < -0.39 is 18.2 Å². The van der Waals surface area contributed by atoms with Crippen molar-refractivity contribution in [3.8, 4) is 0 Å². The molecular formula is C13H17NO5. The van der Waals surface area contributed by atoms with Crippen LogP contribution in [0.5, 0.6) is 0 Å². The van der Waals surface area contributed by atoms with E-state index in [2.05, 4.69) is 10.1 Å². The van der Waals surface area contributed by atoms with Crippen LogP contribution >= 0.6 is 0 Å². The molecule has 6 nitrogen and oxygen atoms in total. The van der Waals surface area contributed by atoms with Gasteiger partial charge in [-0.1, -0.05) is 12.1 Å². The smallest absolute Gasteiger partial charge is 0.308 e. The predicted octanol–water partition coefficient (Wildman–Crippen LogP) is 0.602. The van der Waals surface area contributed by atoms with E-state index in [4.69, 9.17) is 0 Å². The van der Waals surface area contributed by atoms with E-state index in [1.807, 2.05) is 0 Å². The third-order valence-electron chi connectivity index (χ3n) is 2.54. The number of aliphatic hydroxyl groups excluding tert-OH is 2. The van der Waals surface area contributed by atoms with Crippen molar-refractivity contribution in [2.45, 2.75) is 25.6 Å². The van der Waals surface area contributed by atoms with E-state index in [0.717, 1.165) is 0 Å². The van der Waals surface area contributed by atoms with Crippen molar-refractivity contribution in [2.75, 3.05) is 12.4 Å². The molecule has 0 heterocycles. The third-order valence-corrected chi connectivity index (χ3v) is 2.54. The van der Waals surface area contributed by atoms with Crippen molar-refractivity contribution in [3.63, 3.8) is 0 Å². The van der Waals surface area contributed by atoms with Crippen molar-refractivity contribution in [1.82, 2.24) is 0 Å². The lowest BCUT2D eigenvalue weighted by molar-refractivity contribution is -0.144. The maximum absolute atomic E-state index is 11.0. The Morgan fingerprint density at radius 2 is 1.84 bits per heavy atom. The van der Waals surface area contributed by atoms with Gasteiger partial charge in [0.25, 0.3) is 0 Å². The summed E-state index contributed by atoms with van der Waals surface area (Å²) < 4.78 is 4.41. The maximum atomic E-state index is 11.0. The quantitative estimate of drug-likeness (QED) is 0.679. The molecule has 104 valence electrons. The van der Waals surface area contributed by atoms with Gasteiger partial charge in [-0.15, -0.1) is 0 Å². The van der Waals surface area contributed by atoms with Crippen LogP contribution in [0, 0.1) is 0 Å². The second-order valence-electron chi connectivity index (χ2n) is 4.10. The second kappa shape index (κ2) is 6.86. The summed E-state index contributed by atoms with van der Waals surface area (Å²) in [5.41, 5.74) is 1.04. The molecule has 1 amide bonds. The molecule has 1 aromatic rings. The number of ether oxygens (including phenoxy) is 1. The number of hydrogen-bond acceptors (Lipinski definition) is 5. The number of anilines is 1. The first kappa shape index (κ1) is 15.1. The number of hydrogen-bond donors (Lipinski definition) is 3. The highest BCUT2D eigenvalue weighted by atomic mass is 16.5. The summed E-state index contributed by atoms with van der Waals surface area (Å²) in [6.45, 7) is 1.39. The van der Waals surface area contributed by atoms with E-state index in [1.54, 1.807) is 24.3 Å². The SMILES string of the molecule is COC(=O)CC(O)C(O)c1ccc(NC(C)=O)cc1. The van der Waals surface area contributed by atoms with E-state index in [9.17, 15) is 19.8 Å². The molecule has 0 saturated heterocycles. The Balaban J connectivity index is 2.69. The van der Waals surface area contributed by atoms with Gasteiger partial charge in [-0.3, -0.25) is 9.59 Å². The Kier molecular flexibility index (Phi) is 5.47. The van der Waals surface area contributed by atoms with Crippen molar-refractivity contribution < 1.29 is 24.5 Å². The van der Waals surface area contributed by atoms with Crippen LogP contribution in [0.15, 0.2) is 24.3 Å². The molecule has 0 bridgehead atoms. The van der Waals surface area contributed by atoms with Crippen LogP contribution in [-0.2, 0) is 14.3 Å². The molecule has 19 heavy (non-hydrogen) atoms. The monoisotopic (exact) mass is 267 g/mol. The van der Waals surface area contributed by atoms with Crippen molar-refractivity contribution in [2.24, 2.45) is 0 Å². The number of rotatable bonds is 5. The van der Waals surface area contributed by atoms with Gasteiger partial charge in [-0.2, -0.15) is 0 Å². The molecule has 1 rings (SSSR count). The fourth-order valence-electron chi connectivity index (χ4n) is 1.55. The summed E-state index contributed by atoms with van der Waals surface area (Å²) >= 11 is 0. The average molecular weight is 267 g/mol. The normalized spacial score (nSPS) is 13.5. The van der Waals surface area contributed by atoms with Gasteiger partial charge >= 0.3 is 5.97 Å². The van der Waals surface area contributed by atoms with Crippen LogP contribution < -0.4 is 5.32 Å². The highest BCUT2D eigenvalue weighted by Crippen LogP contribution is 2.21. The number of nitrogens with one attached hydrogen (secondary N) is 1. The first-order valence-corrected chi connectivity index (χ1v) is 5.74. The number of carbonyl (C=O) groups excluding carboxylic acids is 2. The molecule has 0 aliphatic carbocycles. The molecule has 2 unspecified atom stereocenters. The van der Waals surface area contributed by atoms with E-state index in [0.29, 0.717) is 11.3 Å². The first-order valence-electron chi connectivity index (χ1n) is 5.74. The lowest BCUT2D eigenvalue weighted by Crippen LogP contribution is -2.22. The van der Waals surface area contributed by atoms with Crippen molar-refractivity contribution in [1.29, 1.82) is 0 Å². The molecule has 0 radical (unpaired) electrons. The summed E-state index contributed by atoms with van der Waals surface area (Å²) in [4.78, 5) is 21.8. The molecule has 0 aromatic heterocycles. The predicted molar refractivity (Wildman–Crippen MR) is 68.3 cm³/mol. The maximum Gasteiger partial charge on any atom is 0.308 e. The lowest BCUT2D eigenvalue weighted by Gasteiger charge is -2.17. The number of carbonyl (C=O) groups is 2. The molecule has 0 aliphatic rings. The fraction of sp³-hybridized carbons (Fsp3) is 0.385. The standard InChI is InChI=1S/C13H17NO5/c1-8(15)14-10-5-3-9(4-6-10)13(18)11(16)7-12(17)19-2/h3-6,11,13,16,18H,7H2,1-2H3,(H,14,15). The fourth-order valence-corrected chi connectivity index (χ4v) is 1.55. The zero-order valence-corrected chi connectivity index (χ0v) is 10.8. The van der Waals surface area contributed by atoms with E-state index in [1.165, 1.54) is 14.0 Å². The molecule has 2 atom stereocenters. The van der Waals surface area contributed by atoms with Crippen LogP contribution in [0.2, 0.25) is 0 Å². The Morgan fingerprint density at radius 1 is 1.26 bits per heavy atom. The van der Waals surface area contributed by atoms with Gasteiger partial charge in [0.15, 0.2) is 0 Å². The minimum absolute atomic E-state index is 0.195. The average Bonchev–Trinajstić information content (AvgIpc) is 2.37. The van der Waals surface area contributed by atoms with Gasteiger partial charge in [0, 0.05) is 12.6 Å². The molecule has 1 aromatic carbocycles. The summed E-state index contributed by atoms with van der Waals surface area (Å²) in [6, 6.07) is 6.34. The van der Waals surface area contributed by atoms with Crippen LogP contribution in [0.25, 0.3) is 0 Å². The van der Waals surface area contributed by atoms with Crippen LogP contribution in [-0.4, -0.2) is 35.3 Å². The molecule has 3 N–H and O–H groups in total. The number of amides is 1. The highest BCUT2D eigenvalue weighted by molar-refractivity contribution is 5.88. The summed E-state index contributed by atoms with van der Waals surface area (Å²) in [7, 11) is 1.21. The zero-order valence-electron chi connectivity index (χ0n) is 10.8. The first-order chi connectivity index (χ1) is 8.93. The number of benzene rings is 1. The summed E-state index contributed by atoms with van der Waals surface area (Å²) in [5.74, 6) is -0.791. The van der Waals surface area contributed by atoms with Gasteiger partial charge in [-0.25, -0.2) is 0 Å². The minimum Gasteiger partial charge on any atom is -0.469 e. The molecule has 0 spiro atoms. The third kappa shape index (κ3) is 4.69. The lowest BCUT2D eigenvalue weighted by atomic mass is 10.0. The molecule has 6 heteroatoms. The van der Waals surface area contributed by atoms with Crippen molar-refractivity contribution >= 4 is 17.6 Å². The Labute approximate surface area is 111 Å². The molecule has 0 saturated carbocycles. The molecular weight excluding hydrogens is 250 g/mol. The largest absolute Gasteiger partial charge is 0.469 e. The van der Waals surface area contributed by atoms with Gasteiger partial charge < -0.3 is 20.3 Å². The van der Waals surface area contributed by atoms with Gasteiger partial charge in [0.1, 0.15) is 6.10 Å². The molecule has 0 aliphatic heterocycles. The van der Waals surface area contributed by atoms with E-state index >= 15 is 0 Å². The highest BCUT2D eigenvalue weighted by Gasteiger charge is 2.21. The van der Waals surface area contributed by atoms with E-state index in [-0.39, 0.29) is 12.3 Å². The van der Waals surface area contributed by atoms with Crippen LogP contribution in [0.4, 0.5) is 5.69 Å². The Morgan fingerprint density at radius 3 is 2.32 bits per heavy atom. The summed E-state index contributed by atoms with van der Waals surface area (Å²) in [6.07, 6.45) is -2.71. The number of methoxy groups -OCH3 is 1. The number of aliphatic hydroxyl groups is 2. The Hall–Kier alpha value is -1.92. The van der Waals surface area contributed by atoms with Gasteiger partial charge in [0.05, 0.1) is 19.6 Å². The topological polar surface area (TPSA) is 95.9 Å². The minimum atomic E-state index is -1.24. The Bertz CT molecular complexity index is 443. The van der Waals surface area contributed by atoms with Crippen LogP contribution in [0.1, 0.15) is 25.0 Å². The van der Waals surface area contributed by atoms with Gasteiger partial charge in [-0.05, 0) is 17.7 Å². The van der Waals surface area contributed by atoms with Crippen molar-refractivity contribution in [3.05, 3.63) is 29.8 Å². The second-order valence-corrected chi connectivity index (χ2v) is 4.10. The van der Waals surface area contributed by atoms with Crippen LogP contribution in [0.3, 0.4) is 0 Å². The zero-order chi connectivity index (χ0) is 14.4. The summed E-state index contributed by atoms with van der Waals surface area (Å²) in [5, 5.41) is 22.1.